The van der Waals surface area contributed by atoms with E-state index in [1.807, 2.05) is 25.8 Å². The van der Waals surface area contributed by atoms with E-state index in [1.54, 1.807) is 0 Å². The first-order valence-corrected chi connectivity index (χ1v) is 15.5. The average Bonchev–Trinajstić information content (AvgIpc) is 3.24. The molecule has 3 rings (SSSR count). The summed E-state index contributed by atoms with van der Waals surface area (Å²) in [6.45, 7) is 8.81. The number of benzene rings is 1. The highest BCUT2D eigenvalue weighted by Gasteiger charge is 2.32. The van der Waals surface area contributed by atoms with Gasteiger partial charge in [0.05, 0.1) is 26.4 Å². The summed E-state index contributed by atoms with van der Waals surface area (Å²) < 4.78 is 17.2. The second-order valence-corrected chi connectivity index (χ2v) is 10.9. The van der Waals surface area contributed by atoms with E-state index in [9.17, 15) is 9.59 Å². The molecule has 8 nitrogen and oxygen atoms in total. The van der Waals surface area contributed by atoms with Crippen LogP contribution in [0.1, 0.15) is 85.6 Å². The lowest BCUT2D eigenvalue weighted by molar-refractivity contribution is -0.141. The van der Waals surface area contributed by atoms with Crippen LogP contribution in [-0.4, -0.2) is 82.2 Å². The van der Waals surface area contributed by atoms with E-state index in [4.69, 9.17) is 14.2 Å². The van der Waals surface area contributed by atoms with Crippen LogP contribution < -0.4 is 10.6 Å². The third-order valence-corrected chi connectivity index (χ3v) is 7.77. The molecule has 3 atom stereocenters. The summed E-state index contributed by atoms with van der Waals surface area (Å²) in [6, 6.07) is 8.49. The highest BCUT2D eigenvalue weighted by molar-refractivity contribution is 5.74. The maximum absolute atomic E-state index is 13.4. The number of carbonyl (C=O) groups excluding carboxylic acids is 2. The van der Waals surface area contributed by atoms with Crippen LogP contribution in [0.15, 0.2) is 24.3 Å². The summed E-state index contributed by atoms with van der Waals surface area (Å²) in [5, 5.41) is 6.59. The van der Waals surface area contributed by atoms with Crippen molar-refractivity contribution in [3.63, 3.8) is 0 Å². The van der Waals surface area contributed by atoms with Crippen molar-refractivity contribution >= 4 is 12.0 Å². The van der Waals surface area contributed by atoms with Crippen molar-refractivity contribution in [2.24, 2.45) is 5.92 Å². The van der Waals surface area contributed by atoms with Gasteiger partial charge in [-0.2, -0.15) is 0 Å². The second kappa shape index (κ2) is 19.8. The van der Waals surface area contributed by atoms with Crippen LogP contribution in [-0.2, 0) is 25.4 Å². The maximum atomic E-state index is 13.4. The molecule has 0 unspecified atom stereocenters. The van der Waals surface area contributed by atoms with Crippen molar-refractivity contribution in [3.8, 4) is 0 Å². The minimum Gasteiger partial charge on any atom is -0.469 e. The highest BCUT2D eigenvalue weighted by Crippen LogP contribution is 2.26. The Morgan fingerprint density at radius 3 is 2.60 bits per heavy atom. The number of rotatable bonds is 13. The van der Waals surface area contributed by atoms with Gasteiger partial charge in [0.2, 0.25) is 0 Å². The Kier molecular flexibility index (Phi) is 16.9. The molecule has 0 aromatic heterocycles. The van der Waals surface area contributed by atoms with E-state index in [-0.39, 0.29) is 33.1 Å². The van der Waals surface area contributed by atoms with E-state index in [0.717, 1.165) is 13.0 Å². The van der Waals surface area contributed by atoms with Crippen molar-refractivity contribution in [2.45, 2.75) is 103 Å². The number of amides is 2. The first kappa shape index (κ1) is 34.0. The fourth-order valence-electron chi connectivity index (χ4n) is 5.71. The number of nitrogens with zero attached hydrogens (tertiary/aromatic N) is 1. The van der Waals surface area contributed by atoms with Gasteiger partial charge in [0.1, 0.15) is 6.10 Å². The summed E-state index contributed by atoms with van der Waals surface area (Å²) in [5.41, 5.74) is 2.37. The number of hydrogen-bond acceptors (Lipinski definition) is 6. The van der Waals surface area contributed by atoms with Crippen molar-refractivity contribution in [1.29, 1.82) is 0 Å². The van der Waals surface area contributed by atoms with Crippen LogP contribution in [0, 0.1) is 12.8 Å². The Hall–Kier alpha value is -2.16. The van der Waals surface area contributed by atoms with Crippen LogP contribution in [0.25, 0.3) is 0 Å². The molecule has 8 heteroatoms. The molecule has 1 aromatic rings. The van der Waals surface area contributed by atoms with Gasteiger partial charge in [-0.3, -0.25) is 4.79 Å². The standard InChI is InChI=1S/C30H49N3O5.C2H6.2H2/c1-23-10-8-13-25(18-23)20-27(37-16-9-14-29(34)36-3)28-22-33(15-17-38-28)30(35)32-26(21-31-2)19-24-11-6-4-5-7-12-24;1-2;;/h8,10,13,18,24,26-28,31H,4-7,9,11-12,14-17,19-22H2,1-3H3,(H,32,35);1-2H3;2*1H/t26-,27-,28+;;;/m0.../s1. The molecule has 2 amide bonds. The van der Waals surface area contributed by atoms with Gasteiger partial charge in [-0.05, 0) is 38.3 Å². The van der Waals surface area contributed by atoms with Gasteiger partial charge in [-0.25, -0.2) is 4.79 Å². The molecular weight excluding hydrogens is 506 g/mol. The summed E-state index contributed by atoms with van der Waals surface area (Å²) in [4.78, 5) is 26.8. The van der Waals surface area contributed by atoms with Gasteiger partial charge in [0.25, 0.3) is 0 Å². The van der Waals surface area contributed by atoms with E-state index in [2.05, 4.69) is 41.8 Å². The first-order valence-electron chi connectivity index (χ1n) is 15.5. The lowest BCUT2D eigenvalue weighted by atomic mass is 9.92. The van der Waals surface area contributed by atoms with Crippen LogP contribution in [0.3, 0.4) is 0 Å². The van der Waals surface area contributed by atoms with Crippen molar-refractivity contribution in [3.05, 3.63) is 35.4 Å². The number of likely N-dealkylation sites (N-methyl/N-ethyl adjacent to an activating group) is 1. The van der Waals surface area contributed by atoms with Gasteiger partial charge in [0.15, 0.2) is 0 Å². The van der Waals surface area contributed by atoms with Crippen LogP contribution in [0.4, 0.5) is 4.79 Å². The Morgan fingerprint density at radius 1 is 1.18 bits per heavy atom. The smallest absolute Gasteiger partial charge is 0.317 e. The van der Waals surface area contributed by atoms with Crippen molar-refractivity contribution in [2.75, 3.05) is 47.0 Å². The average molecular weight is 566 g/mol. The zero-order valence-corrected chi connectivity index (χ0v) is 25.7. The minimum absolute atomic E-state index is 0. The van der Waals surface area contributed by atoms with Gasteiger partial charge in [0, 0.05) is 41.4 Å². The zero-order chi connectivity index (χ0) is 29.2. The lowest BCUT2D eigenvalue weighted by Gasteiger charge is -2.38. The number of urea groups is 1. The molecule has 1 aliphatic carbocycles. The number of carbonyl (C=O) groups is 2. The number of nitrogens with one attached hydrogen (secondary N) is 2. The monoisotopic (exact) mass is 565 g/mol. The third kappa shape index (κ3) is 12.6. The Balaban J connectivity index is 0.00000411. The van der Waals surface area contributed by atoms with Crippen LogP contribution in [0.5, 0.6) is 0 Å². The number of aryl methyl sites for hydroxylation is 1. The highest BCUT2D eigenvalue weighted by atomic mass is 16.5. The summed E-state index contributed by atoms with van der Waals surface area (Å²) in [6.07, 6.45) is 9.98. The van der Waals surface area contributed by atoms with Crippen LogP contribution >= 0.6 is 0 Å². The van der Waals surface area contributed by atoms with E-state index in [0.29, 0.717) is 51.5 Å². The lowest BCUT2D eigenvalue weighted by Crippen LogP contribution is -2.56. The van der Waals surface area contributed by atoms with Gasteiger partial charge in [-0.15, -0.1) is 0 Å². The Morgan fingerprint density at radius 2 is 1.93 bits per heavy atom. The predicted molar refractivity (Wildman–Crippen MR) is 165 cm³/mol. The van der Waals surface area contributed by atoms with Crippen molar-refractivity contribution in [1.82, 2.24) is 15.5 Å². The molecular formula is C32H59N3O5. The molecule has 2 fully saturated rings. The number of methoxy groups -OCH3 is 1. The molecule has 0 radical (unpaired) electrons. The molecule has 1 aliphatic heterocycles. The molecule has 1 heterocycles. The molecule has 40 heavy (non-hydrogen) atoms. The molecule has 232 valence electrons. The SMILES string of the molecule is CC.CNC[C@H](CC1CCCCCC1)NC(=O)N1CCO[C@@H]([C@H](Cc2cccc(C)c2)OCCCC(=O)OC)C1.[HH].[HH]. The summed E-state index contributed by atoms with van der Waals surface area (Å²) in [7, 11) is 3.35. The largest absolute Gasteiger partial charge is 0.469 e. The first-order chi connectivity index (χ1) is 19.5. The second-order valence-electron chi connectivity index (χ2n) is 10.9. The molecule has 2 aliphatic rings. The topological polar surface area (TPSA) is 89.1 Å². The fourth-order valence-corrected chi connectivity index (χ4v) is 5.71. The number of esters is 1. The number of morpholine rings is 1. The molecule has 0 bridgehead atoms. The Labute approximate surface area is 245 Å². The normalized spacial score (nSPS) is 19.5. The number of ether oxygens (including phenoxy) is 3. The number of hydrogen-bond donors (Lipinski definition) is 2. The van der Waals surface area contributed by atoms with E-state index in [1.165, 1.54) is 56.8 Å². The summed E-state index contributed by atoms with van der Waals surface area (Å²) >= 11 is 0. The molecule has 2 N–H and O–H groups in total. The molecule has 1 saturated carbocycles. The van der Waals surface area contributed by atoms with E-state index >= 15 is 0 Å². The van der Waals surface area contributed by atoms with Gasteiger partial charge < -0.3 is 29.7 Å². The van der Waals surface area contributed by atoms with Gasteiger partial charge in [-0.1, -0.05) is 82.2 Å². The molecule has 0 spiro atoms. The third-order valence-electron chi connectivity index (χ3n) is 7.77. The maximum Gasteiger partial charge on any atom is 0.317 e. The van der Waals surface area contributed by atoms with Gasteiger partial charge >= 0.3 is 12.0 Å². The van der Waals surface area contributed by atoms with Crippen LogP contribution in [0.2, 0.25) is 0 Å². The fraction of sp³-hybridized carbons (Fsp3) is 0.750. The zero-order valence-electron chi connectivity index (χ0n) is 25.7. The predicted octanol–water partition coefficient (Wildman–Crippen LogP) is 5.75. The van der Waals surface area contributed by atoms with E-state index < -0.39 is 0 Å². The molecule has 1 saturated heterocycles. The van der Waals surface area contributed by atoms with Crippen molar-refractivity contribution < 1.29 is 26.7 Å². The quantitative estimate of drug-likeness (QED) is 0.180. The summed E-state index contributed by atoms with van der Waals surface area (Å²) in [5.74, 6) is 0.450. The Bertz CT molecular complexity index is 855. The molecule has 1 aromatic carbocycles. The minimum atomic E-state index is -0.238.